The number of rotatable bonds is 6. The van der Waals surface area contributed by atoms with Gasteiger partial charge in [0.1, 0.15) is 0 Å². The third kappa shape index (κ3) is 5.84. The number of unbranched alkanes of at least 4 members (excludes halogenated alkanes) is 2. The highest BCUT2D eigenvalue weighted by molar-refractivity contribution is 7.92. The molecule has 0 spiro atoms. The van der Waals surface area contributed by atoms with Gasteiger partial charge >= 0.3 is 0 Å². The second kappa shape index (κ2) is 9.21. The largest absolute Gasteiger partial charge is 0.356 e. The molecular formula is C18H36N4O2S. The van der Waals surface area contributed by atoms with Crippen molar-refractivity contribution in [3.8, 4) is 0 Å². The van der Waals surface area contributed by atoms with Crippen LogP contribution in [0.25, 0.3) is 0 Å². The number of hydrogen-bond donors (Lipinski definition) is 1. The van der Waals surface area contributed by atoms with Crippen molar-refractivity contribution in [2.75, 3.05) is 52.1 Å². The smallest absolute Gasteiger partial charge is 0.193 e. The summed E-state index contributed by atoms with van der Waals surface area (Å²) in [6.45, 7) is 9.33. The second-order valence-electron chi connectivity index (χ2n) is 7.94. The van der Waals surface area contributed by atoms with Gasteiger partial charge in [-0.3, -0.25) is 4.99 Å². The van der Waals surface area contributed by atoms with Crippen molar-refractivity contribution in [3.05, 3.63) is 0 Å². The third-order valence-electron chi connectivity index (χ3n) is 5.44. The monoisotopic (exact) mass is 372 g/mol. The van der Waals surface area contributed by atoms with E-state index < -0.39 is 14.6 Å². The van der Waals surface area contributed by atoms with Gasteiger partial charge < -0.3 is 15.1 Å². The van der Waals surface area contributed by atoms with Crippen molar-refractivity contribution < 1.29 is 8.42 Å². The van der Waals surface area contributed by atoms with E-state index >= 15 is 0 Å². The molecule has 0 amide bonds. The first kappa shape index (κ1) is 20.5. The molecule has 0 saturated carbocycles. The topological polar surface area (TPSA) is 65.0 Å². The highest BCUT2D eigenvalue weighted by Crippen LogP contribution is 2.23. The van der Waals surface area contributed by atoms with E-state index in [1.165, 1.54) is 51.7 Å². The molecule has 146 valence electrons. The zero-order chi connectivity index (χ0) is 18.3. The fourth-order valence-corrected chi connectivity index (χ4v) is 5.04. The summed E-state index contributed by atoms with van der Waals surface area (Å²) in [6.07, 6.45) is 7.73. The van der Waals surface area contributed by atoms with E-state index in [-0.39, 0.29) is 5.75 Å². The van der Waals surface area contributed by atoms with Crippen LogP contribution in [0.2, 0.25) is 0 Å². The summed E-state index contributed by atoms with van der Waals surface area (Å²) in [5.74, 6) is 1.04. The Morgan fingerprint density at radius 3 is 2.44 bits per heavy atom. The van der Waals surface area contributed by atoms with Crippen LogP contribution in [0.3, 0.4) is 0 Å². The average molecular weight is 373 g/mol. The van der Waals surface area contributed by atoms with Crippen molar-refractivity contribution in [2.45, 2.75) is 57.1 Å². The maximum Gasteiger partial charge on any atom is 0.193 e. The van der Waals surface area contributed by atoms with E-state index in [4.69, 9.17) is 0 Å². The van der Waals surface area contributed by atoms with Gasteiger partial charge in [-0.25, -0.2) is 8.42 Å². The molecule has 25 heavy (non-hydrogen) atoms. The Morgan fingerprint density at radius 2 is 1.80 bits per heavy atom. The second-order valence-corrected chi connectivity index (χ2v) is 10.7. The Morgan fingerprint density at radius 1 is 1.08 bits per heavy atom. The molecular weight excluding hydrogens is 336 g/mol. The number of piperidine rings is 1. The number of hydrogen-bond acceptors (Lipinski definition) is 4. The minimum absolute atomic E-state index is 0.205. The first-order chi connectivity index (χ1) is 11.9. The lowest BCUT2D eigenvalue weighted by molar-refractivity contribution is 0.224. The van der Waals surface area contributed by atoms with Gasteiger partial charge in [-0.05, 0) is 59.2 Å². The van der Waals surface area contributed by atoms with Gasteiger partial charge in [-0.15, -0.1) is 0 Å². The zero-order valence-corrected chi connectivity index (χ0v) is 17.1. The van der Waals surface area contributed by atoms with Gasteiger partial charge in [0.25, 0.3) is 0 Å². The highest BCUT2D eigenvalue weighted by Gasteiger charge is 2.40. The summed E-state index contributed by atoms with van der Waals surface area (Å²) >= 11 is 0. The van der Waals surface area contributed by atoms with Crippen LogP contribution < -0.4 is 5.32 Å². The molecule has 2 aliphatic heterocycles. The standard InChI is InChI=1S/C18H36N4O2S/c1-18(2)16-22(14-15-25(18,23)24)17(19-3)20-10-6-4-7-11-21-12-8-5-9-13-21/h4-16H2,1-3H3,(H,19,20). The maximum atomic E-state index is 12.1. The predicted molar refractivity (Wildman–Crippen MR) is 105 cm³/mol. The van der Waals surface area contributed by atoms with E-state index in [1.807, 2.05) is 13.8 Å². The maximum absolute atomic E-state index is 12.1. The number of guanidine groups is 1. The molecule has 0 aromatic rings. The van der Waals surface area contributed by atoms with E-state index in [0.29, 0.717) is 13.1 Å². The van der Waals surface area contributed by atoms with Crippen LogP contribution in [-0.2, 0) is 9.84 Å². The normalized spacial score (nSPS) is 24.3. The molecule has 0 radical (unpaired) electrons. The first-order valence-corrected chi connectivity index (χ1v) is 11.4. The zero-order valence-electron chi connectivity index (χ0n) is 16.3. The number of sulfone groups is 1. The highest BCUT2D eigenvalue weighted by atomic mass is 32.2. The third-order valence-corrected chi connectivity index (χ3v) is 7.97. The summed E-state index contributed by atoms with van der Waals surface area (Å²) in [4.78, 5) is 9.01. The Hall–Kier alpha value is -0.820. The minimum atomic E-state index is -3.01. The number of aliphatic imine (C=N–C) groups is 1. The van der Waals surface area contributed by atoms with Crippen LogP contribution in [0.15, 0.2) is 4.99 Å². The molecule has 2 fully saturated rings. The lowest BCUT2D eigenvalue weighted by Gasteiger charge is -2.39. The molecule has 0 unspecified atom stereocenters. The minimum Gasteiger partial charge on any atom is -0.356 e. The summed E-state index contributed by atoms with van der Waals surface area (Å²) < 4.78 is 23.6. The molecule has 0 aliphatic carbocycles. The Labute approximate surface area is 154 Å². The summed E-state index contributed by atoms with van der Waals surface area (Å²) in [6, 6.07) is 0. The van der Waals surface area contributed by atoms with Crippen molar-refractivity contribution in [3.63, 3.8) is 0 Å². The SMILES string of the molecule is CN=C(NCCCCCN1CCCCC1)N1CCS(=O)(=O)C(C)(C)C1. The van der Waals surface area contributed by atoms with E-state index in [1.54, 1.807) is 7.05 Å². The Balaban J connectivity index is 1.65. The van der Waals surface area contributed by atoms with Gasteiger partial charge in [0.15, 0.2) is 15.8 Å². The molecule has 0 bridgehead atoms. The number of nitrogens with one attached hydrogen (secondary N) is 1. The Kier molecular flexibility index (Phi) is 7.55. The van der Waals surface area contributed by atoms with Crippen LogP contribution in [0.5, 0.6) is 0 Å². The Bertz CT molecular complexity index is 539. The number of likely N-dealkylation sites (tertiary alicyclic amines) is 1. The molecule has 0 aromatic heterocycles. The van der Waals surface area contributed by atoms with Gasteiger partial charge in [0, 0.05) is 26.7 Å². The molecule has 2 heterocycles. The van der Waals surface area contributed by atoms with Crippen molar-refractivity contribution in [2.24, 2.45) is 4.99 Å². The number of nitrogens with zero attached hydrogens (tertiary/aromatic N) is 3. The van der Waals surface area contributed by atoms with Crippen molar-refractivity contribution >= 4 is 15.8 Å². The molecule has 6 nitrogen and oxygen atoms in total. The summed E-state index contributed by atoms with van der Waals surface area (Å²) in [5.41, 5.74) is 0. The molecule has 0 aromatic carbocycles. The molecule has 2 aliphatic rings. The predicted octanol–water partition coefficient (Wildman–Crippen LogP) is 1.73. The molecule has 1 N–H and O–H groups in total. The molecule has 2 rings (SSSR count). The van der Waals surface area contributed by atoms with Crippen LogP contribution in [0.1, 0.15) is 52.4 Å². The van der Waals surface area contributed by atoms with Gasteiger partial charge in [-0.1, -0.05) is 12.8 Å². The fourth-order valence-electron chi connectivity index (χ4n) is 3.68. The quantitative estimate of drug-likeness (QED) is 0.437. The van der Waals surface area contributed by atoms with Gasteiger partial charge in [-0.2, -0.15) is 0 Å². The lowest BCUT2D eigenvalue weighted by Crippen LogP contribution is -2.57. The van der Waals surface area contributed by atoms with E-state index in [2.05, 4.69) is 20.1 Å². The summed E-state index contributed by atoms with van der Waals surface area (Å²) in [7, 11) is -1.24. The van der Waals surface area contributed by atoms with Gasteiger partial charge in [0.2, 0.25) is 0 Å². The fraction of sp³-hybridized carbons (Fsp3) is 0.944. The lowest BCUT2D eigenvalue weighted by atomic mass is 10.1. The van der Waals surface area contributed by atoms with Crippen LogP contribution in [-0.4, -0.2) is 81.0 Å². The molecule has 7 heteroatoms. The molecule has 2 saturated heterocycles. The van der Waals surface area contributed by atoms with E-state index in [0.717, 1.165) is 18.9 Å². The van der Waals surface area contributed by atoms with Crippen molar-refractivity contribution in [1.82, 2.24) is 15.1 Å². The van der Waals surface area contributed by atoms with Crippen LogP contribution >= 0.6 is 0 Å². The van der Waals surface area contributed by atoms with E-state index in [9.17, 15) is 8.42 Å². The molecule has 0 atom stereocenters. The van der Waals surface area contributed by atoms with Gasteiger partial charge in [0.05, 0.1) is 10.5 Å². The van der Waals surface area contributed by atoms with Crippen LogP contribution in [0.4, 0.5) is 0 Å². The van der Waals surface area contributed by atoms with Crippen molar-refractivity contribution in [1.29, 1.82) is 0 Å². The first-order valence-electron chi connectivity index (χ1n) is 9.76. The van der Waals surface area contributed by atoms with Crippen LogP contribution in [0, 0.1) is 0 Å². The average Bonchev–Trinajstić information content (AvgIpc) is 2.58. The summed E-state index contributed by atoms with van der Waals surface area (Å²) in [5, 5.41) is 3.41.